The minimum atomic E-state index is -0.487. The van der Waals surface area contributed by atoms with Crippen LogP contribution in [0, 0.1) is 5.82 Å². The molecule has 0 saturated carbocycles. The van der Waals surface area contributed by atoms with Gasteiger partial charge in [0.25, 0.3) is 0 Å². The number of thiophene rings is 1. The maximum absolute atomic E-state index is 12.9. The Kier molecular flexibility index (Phi) is 3.98. The van der Waals surface area contributed by atoms with Crippen LogP contribution in [0.3, 0.4) is 0 Å². The Bertz CT molecular complexity index is 442. The summed E-state index contributed by atoms with van der Waals surface area (Å²) in [4.78, 5) is 0.842. The second kappa shape index (κ2) is 5.48. The van der Waals surface area contributed by atoms with E-state index in [-0.39, 0.29) is 5.82 Å². The normalized spacial score (nSPS) is 12.6. The van der Waals surface area contributed by atoms with E-state index < -0.39 is 6.10 Å². The quantitative estimate of drug-likeness (QED) is 0.839. The molecule has 2 aromatic rings. The molecule has 1 atom stereocenters. The van der Waals surface area contributed by atoms with Gasteiger partial charge >= 0.3 is 0 Å². The van der Waals surface area contributed by atoms with Gasteiger partial charge in [0.1, 0.15) is 5.82 Å². The minimum Gasteiger partial charge on any atom is -0.388 e. The van der Waals surface area contributed by atoms with E-state index in [2.05, 4.69) is 0 Å². The first-order chi connectivity index (χ1) is 7.75. The van der Waals surface area contributed by atoms with E-state index >= 15 is 0 Å². The lowest BCUT2D eigenvalue weighted by Gasteiger charge is -2.08. The Morgan fingerprint density at radius 1 is 1.38 bits per heavy atom. The summed E-state index contributed by atoms with van der Waals surface area (Å²) in [5.74, 6) is 0.301. The third-order valence-electron chi connectivity index (χ3n) is 2.13. The predicted octanol–water partition coefficient (Wildman–Crippen LogP) is 3.71. The summed E-state index contributed by atoms with van der Waals surface area (Å²) in [5, 5.41) is 13.7. The molecule has 0 aliphatic carbocycles. The van der Waals surface area contributed by atoms with Crippen LogP contribution in [0.4, 0.5) is 4.39 Å². The van der Waals surface area contributed by atoms with Gasteiger partial charge in [-0.05, 0) is 40.6 Å². The number of aliphatic hydroxyl groups is 1. The first-order valence-electron chi connectivity index (χ1n) is 4.84. The van der Waals surface area contributed by atoms with E-state index in [0.29, 0.717) is 5.75 Å². The predicted molar refractivity (Wildman–Crippen MR) is 66.4 cm³/mol. The van der Waals surface area contributed by atoms with Crippen molar-refractivity contribution in [3.05, 3.63) is 52.5 Å². The SMILES string of the molecule is OC(CSc1cccc(F)c1)c1ccsc1. The summed E-state index contributed by atoms with van der Waals surface area (Å²) >= 11 is 3.02. The molecule has 1 aromatic heterocycles. The minimum absolute atomic E-state index is 0.241. The van der Waals surface area contributed by atoms with Crippen molar-refractivity contribution in [3.8, 4) is 0 Å². The third kappa shape index (κ3) is 3.07. The lowest BCUT2D eigenvalue weighted by Crippen LogP contribution is -1.98. The average Bonchev–Trinajstić information content (AvgIpc) is 2.79. The second-order valence-electron chi connectivity index (χ2n) is 3.34. The molecule has 1 heterocycles. The fourth-order valence-electron chi connectivity index (χ4n) is 1.29. The summed E-state index contributed by atoms with van der Waals surface area (Å²) in [6, 6.07) is 8.31. The molecule has 0 saturated heterocycles. The van der Waals surface area contributed by atoms with Crippen molar-refractivity contribution in [2.75, 3.05) is 5.75 Å². The number of hydrogen-bond acceptors (Lipinski definition) is 3. The van der Waals surface area contributed by atoms with Gasteiger partial charge in [-0.15, -0.1) is 11.8 Å². The van der Waals surface area contributed by atoms with Crippen molar-refractivity contribution in [3.63, 3.8) is 0 Å². The van der Waals surface area contributed by atoms with E-state index in [9.17, 15) is 9.50 Å². The zero-order chi connectivity index (χ0) is 11.4. The smallest absolute Gasteiger partial charge is 0.124 e. The highest BCUT2D eigenvalue weighted by molar-refractivity contribution is 7.99. The number of thioether (sulfide) groups is 1. The molecule has 0 spiro atoms. The van der Waals surface area contributed by atoms with Gasteiger partial charge in [-0.25, -0.2) is 4.39 Å². The molecule has 0 radical (unpaired) electrons. The molecule has 0 aliphatic heterocycles. The molecule has 84 valence electrons. The number of halogens is 1. The van der Waals surface area contributed by atoms with Crippen LogP contribution in [-0.2, 0) is 0 Å². The summed E-state index contributed by atoms with van der Waals surface area (Å²) in [6.45, 7) is 0. The van der Waals surface area contributed by atoms with Crippen molar-refractivity contribution in [1.29, 1.82) is 0 Å². The molecule has 0 fully saturated rings. The van der Waals surface area contributed by atoms with Gasteiger partial charge in [-0.3, -0.25) is 0 Å². The summed E-state index contributed by atoms with van der Waals surface area (Å²) in [5.41, 5.74) is 0.925. The van der Waals surface area contributed by atoms with Crippen LogP contribution in [0.5, 0.6) is 0 Å². The topological polar surface area (TPSA) is 20.2 Å². The molecule has 16 heavy (non-hydrogen) atoms. The van der Waals surface area contributed by atoms with Crippen LogP contribution in [0.2, 0.25) is 0 Å². The van der Waals surface area contributed by atoms with Crippen LogP contribution < -0.4 is 0 Å². The van der Waals surface area contributed by atoms with Gasteiger partial charge in [-0.1, -0.05) is 6.07 Å². The Morgan fingerprint density at radius 2 is 2.25 bits per heavy atom. The van der Waals surface area contributed by atoms with Crippen molar-refractivity contribution in [1.82, 2.24) is 0 Å². The highest BCUT2D eigenvalue weighted by atomic mass is 32.2. The molecule has 4 heteroatoms. The van der Waals surface area contributed by atoms with E-state index in [1.54, 1.807) is 17.4 Å². The number of rotatable bonds is 4. The van der Waals surface area contributed by atoms with Gasteiger partial charge in [-0.2, -0.15) is 11.3 Å². The highest BCUT2D eigenvalue weighted by Crippen LogP contribution is 2.26. The van der Waals surface area contributed by atoms with Gasteiger partial charge in [0.2, 0.25) is 0 Å². The van der Waals surface area contributed by atoms with Crippen molar-refractivity contribution >= 4 is 23.1 Å². The maximum Gasteiger partial charge on any atom is 0.124 e. The van der Waals surface area contributed by atoms with Gasteiger partial charge in [0, 0.05) is 10.6 Å². The zero-order valence-corrected chi connectivity index (χ0v) is 10.1. The van der Waals surface area contributed by atoms with Gasteiger partial charge in [0.05, 0.1) is 6.10 Å². The fraction of sp³-hybridized carbons (Fsp3) is 0.167. The third-order valence-corrected chi connectivity index (χ3v) is 3.90. The largest absolute Gasteiger partial charge is 0.388 e. The highest BCUT2D eigenvalue weighted by Gasteiger charge is 2.08. The van der Waals surface area contributed by atoms with Crippen molar-refractivity contribution < 1.29 is 9.50 Å². The molecule has 1 unspecified atom stereocenters. The molecule has 1 N–H and O–H groups in total. The molecular weight excluding hydrogens is 243 g/mol. The zero-order valence-electron chi connectivity index (χ0n) is 8.47. The van der Waals surface area contributed by atoms with E-state index in [1.807, 2.05) is 22.9 Å². The molecule has 1 aromatic carbocycles. The molecule has 0 bridgehead atoms. The van der Waals surface area contributed by atoms with E-state index in [0.717, 1.165) is 10.5 Å². The van der Waals surface area contributed by atoms with Crippen LogP contribution in [0.15, 0.2) is 46.0 Å². The first kappa shape index (κ1) is 11.6. The van der Waals surface area contributed by atoms with Crippen LogP contribution >= 0.6 is 23.1 Å². The number of aliphatic hydroxyl groups excluding tert-OH is 1. The first-order valence-corrected chi connectivity index (χ1v) is 6.77. The summed E-state index contributed by atoms with van der Waals surface area (Å²) in [6.07, 6.45) is -0.487. The molecular formula is C12H11FOS2. The fourth-order valence-corrected chi connectivity index (χ4v) is 2.91. The number of benzene rings is 1. The van der Waals surface area contributed by atoms with Crippen molar-refractivity contribution in [2.45, 2.75) is 11.0 Å². The maximum atomic E-state index is 12.9. The van der Waals surface area contributed by atoms with Crippen LogP contribution in [0.25, 0.3) is 0 Å². The van der Waals surface area contributed by atoms with Gasteiger partial charge < -0.3 is 5.11 Å². The van der Waals surface area contributed by atoms with E-state index in [1.165, 1.54) is 23.9 Å². The van der Waals surface area contributed by atoms with Crippen molar-refractivity contribution in [2.24, 2.45) is 0 Å². The second-order valence-corrected chi connectivity index (χ2v) is 5.21. The Balaban J connectivity index is 1.92. The summed E-state index contributed by atoms with van der Waals surface area (Å²) in [7, 11) is 0. The monoisotopic (exact) mass is 254 g/mol. The van der Waals surface area contributed by atoms with E-state index in [4.69, 9.17) is 0 Å². The Hall–Kier alpha value is -0.840. The lowest BCUT2D eigenvalue weighted by molar-refractivity contribution is 0.204. The lowest BCUT2D eigenvalue weighted by atomic mass is 10.2. The van der Waals surface area contributed by atoms with Gasteiger partial charge in [0.15, 0.2) is 0 Å². The number of hydrogen-bond donors (Lipinski definition) is 1. The van der Waals surface area contributed by atoms with Crippen LogP contribution in [0.1, 0.15) is 11.7 Å². The standard InChI is InChI=1S/C12H11FOS2/c13-10-2-1-3-11(6-10)16-8-12(14)9-4-5-15-7-9/h1-7,12,14H,8H2. The summed E-state index contributed by atoms with van der Waals surface area (Å²) < 4.78 is 12.9. The Morgan fingerprint density at radius 3 is 2.94 bits per heavy atom. The molecule has 0 amide bonds. The molecule has 2 rings (SSSR count). The average molecular weight is 254 g/mol. The molecule has 0 aliphatic rings. The molecule has 1 nitrogen and oxygen atoms in total. The van der Waals surface area contributed by atoms with Crippen LogP contribution in [-0.4, -0.2) is 10.9 Å². The Labute approximate surface area is 102 Å².